The highest BCUT2D eigenvalue weighted by Crippen LogP contribution is 2.32. The third-order valence-electron chi connectivity index (χ3n) is 4.86. The van der Waals surface area contributed by atoms with Crippen LogP contribution in [0.2, 0.25) is 0 Å². The van der Waals surface area contributed by atoms with Gasteiger partial charge in [-0.15, -0.1) is 0 Å². The van der Waals surface area contributed by atoms with Gasteiger partial charge >= 0.3 is 12.1 Å². The third kappa shape index (κ3) is 9.29. The van der Waals surface area contributed by atoms with Crippen molar-refractivity contribution in [2.45, 2.75) is 124 Å². The maximum atomic E-state index is 13.4. The fourth-order valence-corrected chi connectivity index (χ4v) is 3.20. The summed E-state index contributed by atoms with van der Waals surface area (Å²) in [5.41, 5.74) is -1.54. The molecule has 0 aliphatic carbocycles. The molecule has 1 amide bonds. The summed E-state index contributed by atoms with van der Waals surface area (Å²) in [5.74, 6) is -0.259. The summed E-state index contributed by atoms with van der Waals surface area (Å²) in [6.07, 6.45) is 8.10. The maximum absolute atomic E-state index is 13.4. The minimum atomic E-state index is -0.933. The first kappa shape index (κ1) is 26.7. The molecule has 0 bridgehead atoms. The van der Waals surface area contributed by atoms with Crippen molar-refractivity contribution in [1.82, 2.24) is 4.90 Å². The van der Waals surface area contributed by atoms with E-state index in [-0.39, 0.29) is 5.97 Å². The summed E-state index contributed by atoms with van der Waals surface area (Å²) >= 11 is 0. The molecule has 0 unspecified atom stereocenters. The van der Waals surface area contributed by atoms with Gasteiger partial charge in [-0.1, -0.05) is 66.2 Å². The van der Waals surface area contributed by atoms with Crippen molar-refractivity contribution < 1.29 is 19.1 Å². The zero-order chi connectivity index (χ0) is 21.6. The topological polar surface area (TPSA) is 55.8 Å². The molecule has 0 radical (unpaired) electrons. The first-order valence-electron chi connectivity index (χ1n) is 11.4. The van der Waals surface area contributed by atoms with Gasteiger partial charge in [0.1, 0.15) is 11.1 Å². The first-order valence-corrected chi connectivity index (χ1v) is 11.4. The van der Waals surface area contributed by atoms with Crippen LogP contribution in [-0.4, -0.2) is 41.3 Å². The van der Waals surface area contributed by atoms with Crippen LogP contribution in [0, 0.1) is 0 Å². The van der Waals surface area contributed by atoms with E-state index in [1.807, 2.05) is 20.8 Å². The summed E-state index contributed by atoms with van der Waals surface area (Å²) in [4.78, 5) is 28.2. The van der Waals surface area contributed by atoms with Crippen molar-refractivity contribution in [3.63, 3.8) is 0 Å². The third-order valence-corrected chi connectivity index (χ3v) is 4.86. The van der Waals surface area contributed by atoms with Crippen LogP contribution in [0.1, 0.15) is 113 Å². The zero-order valence-corrected chi connectivity index (χ0v) is 19.6. The Morgan fingerprint density at radius 2 is 1.29 bits per heavy atom. The predicted molar refractivity (Wildman–Crippen MR) is 115 cm³/mol. The molecule has 0 aliphatic heterocycles. The monoisotopic (exact) mass is 399 g/mol. The number of carbonyl (C=O) groups is 2. The molecule has 5 heteroatoms. The lowest BCUT2D eigenvalue weighted by Gasteiger charge is -2.42. The van der Waals surface area contributed by atoms with E-state index in [0.717, 1.165) is 51.4 Å². The van der Waals surface area contributed by atoms with E-state index in [4.69, 9.17) is 9.47 Å². The molecule has 0 aliphatic rings. The normalized spacial score (nSPS) is 12.0. The number of nitrogens with zero attached hydrogens (tertiary/aromatic N) is 1. The Morgan fingerprint density at radius 3 is 1.71 bits per heavy atom. The number of ether oxygens (including phenoxy) is 2. The predicted octanol–water partition coefficient (Wildman–Crippen LogP) is 6.49. The number of amides is 1. The van der Waals surface area contributed by atoms with Crippen molar-refractivity contribution in [3.05, 3.63) is 0 Å². The van der Waals surface area contributed by atoms with E-state index in [2.05, 4.69) is 27.7 Å². The number of hydrogen-bond donors (Lipinski definition) is 0. The highest BCUT2D eigenvalue weighted by Gasteiger charge is 2.47. The van der Waals surface area contributed by atoms with E-state index in [9.17, 15) is 9.59 Å². The molecule has 0 saturated heterocycles. The Bertz CT molecular complexity index is 434. The first-order chi connectivity index (χ1) is 13.2. The molecule has 0 fully saturated rings. The number of esters is 1. The molecule has 0 saturated carbocycles. The molecule has 0 aromatic heterocycles. The van der Waals surface area contributed by atoms with Crippen LogP contribution >= 0.6 is 0 Å². The zero-order valence-electron chi connectivity index (χ0n) is 19.6. The Kier molecular flexibility index (Phi) is 13.2. The van der Waals surface area contributed by atoms with Gasteiger partial charge in [-0.2, -0.15) is 0 Å². The molecule has 0 N–H and O–H groups in total. The Balaban J connectivity index is 5.97. The van der Waals surface area contributed by atoms with E-state index in [0.29, 0.717) is 26.0 Å². The second kappa shape index (κ2) is 13.8. The molecule has 0 rings (SSSR count). The van der Waals surface area contributed by atoms with Crippen LogP contribution in [-0.2, 0) is 14.3 Å². The Labute approximate surface area is 173 Å². The number of carbonyl (C=O) groups excluding carboxylic acids is 2. The summed E-state index contributed by atoms with van der Waals surface area (Å²) in [6, 6.07) is 0. The van der Waals surface area contributed by atoms with Crippen LogP contribution in [0.4, 0.5) is 4.79 Å². The Morgan fingerprint density at radius 1 is 0.786 bits per heavy atom. The quantitative estimate of drug-likeness (QED) is 0.247. The molecule has 28 heavy (non-hydrogen) atoms. The van der Waals surface area contributed by atoms with Gasteiger partial charge in [0.05, 0.1) is 6.61 Å². The molecule has 0 aromatic rings. The van der Waals surface area contributed by atoms with Gasteiger partial charge in [-0.05, 0) is 46.5 Å². The molecule has 0 heterocycles. The van der Waals surface area contributed by atoms with Gasteiger partial charge < -0.3 is 9.47 Å². The van der Waals surface area contributed by atoms with Gasteiger partial charge in [-0.3, -0.25) is 4.90 Å². The van der Waals surface area contributed by atoms with Crippen molar-refractivity contribution in [3.8, 4) is 0 Å². The van der Waals surface area contributed by atoms with Crippen LogP contribution in [0.3, 0.4) is 0 Å². The van der Waals surface area contributed by atoms with Crippen molar-refractivity contribution in [1.29, 1.82) is 0 Å². The fourth-order valence-electron chi connectivity index (χ4n) is 3.20. The molecule has 0 spiro atoms. The molecule has 0 atom stereocenters. The standard InChI is InChI=1S/C23H45NO4/c1-8-12-16-23(17-13-9-2,20(25)27-19-15-11-4)24(18-14-10-3)21(26)28-22(5,6)7/h8-19H2,1-7H3. The SMILES string of the molecule is CCCCOC(=O)C(CCCC)(CCCC)N(CCCC)C(=O)OC(C)(C)C. The lowest BCUT2D eigenvalue weighted by molar-refractivity contribution is -0.160. The Hall–Kier alpha value is -1.26. The van der Waals surface area contributed by atoms with Gasteiger partial charge in [0, 0.05) is 6.54 Å². The lowest BCUT2D eigenvalue weighted by Crippen LogP contribution is -2.59. The van der Waals surface area contributed by atoms with Crippen molar-refractivity contribution >= 4 is 12.1 Å². The van der Waals surface area contributed by atoms with Crippen LogP contribution < -0.4 is 0 Å². The highest BCUT2D eigenvalue weighted by atomic mass is 16.6. The van der Waals surface area contributed by atoms with Crippen LogP contribution in [0.5, 0.6) is 0 Å². The summed E-state index contributed by atoms with van der Waals surface area (Å²) in [7, 11) is 0. The molecular formula is C23H45NO4. The number of rotatable bonds is 14. The average Bonchev–Trinajstić information content (AvgIpc) is 2.62. The molecule has 0 aromatic carbocycles. The second-order valence-corrected chi connectivity index (χ2v) is 8.71. The highest BCUT2D eigenvalue weighted by molar-refractivity contribution is 5.86. The second-order valence-electron chi connectivity index (χ2n) is 8.71. The van der Waals surface area contributed by atoms with Gasteiger partial charge in [0.25, 0.3) is 0 Å². The summed E-state index contributed by atoms with van der Waals surface area (Å²) in [6.45, 7) is 14.9. The van der Waals surface area contributed by atoms with E-state index in [1.54, 1.807) is 4.90 Å². The van der Waals surface area contributed by atoms with E-state index < -0.39 is 17.2 Å². The summed E-state index contributed by atoms with van der Waals surface area (Å²) in [5, 5.41) is 0. The largest absolute Gasteiger partial charge is 0.464 e. The van der Waals surface area contributed by atoms with Crippen LogP contribution in [0.15, 0.2) is 0 Å². The summed E-state index contributed by atoms with van der Waals surface area (Å²) < 4.78 is 11.4. The molecule has 5 nitrogen and oxygen atoms in total. The molecule has 166 valence electrons. The minimum absolute atomic E-state index is 0.259. The minimum Gasteiger partial charge on any atom is -0.464 e. The maximum Gasteiger partial charge on any atom is 0.411 e. The van der Waals surface area contributed by atoms with Gasteiger partial charge in [0.15, 0.2) is 0 Å². The van der Waals surface area contributed by atoms with Crippen molar-refractivity contribution in [2.75, 3.05) is 13.2 Å². The van der Waals surface area contributed by atoms with Crippen molar-refractivity contribution in [2.24, 2.45) is 0 Å². The smallest absolute Gasteiger partial charge is 0.411 e. The lowest BCUT2D eigenvalue weighted by atomic mass is 9.85. The van der Waals surface area contributed by atoms with Crippen LogP contribution in [0.25, 0.3) is 0 Å². The average molecular weight is 400 g/mol. The van der Waals surface area contributed by atoms with E-state index in [1.165, 1.54) is 0 Å². The fraction of sp³-hybridized carbons (Fsp3) is 0.913. The van der Waals surface area contributed by atoms with E-state index >= 15 is 0 Å². The molecular weight excluding hydrogens is 354 g/mol. The number of hydrogen-bond acceptors (Lipinski definition) is 4. The van der Waals surface area contributed by atoms with Gasteiger partial charge in [-0.25, -0.2) is 9.59 Å². The van der Waals surface area contributed by atoms with Gasteiger partial charge in [0.2, 0.25) is 0 Å². The number of unbranched alkanes of at least 4 members (excludes halogenated alkanes) is 4.